The zero-order valence-corrected chi connectivity index (χ0v) is 13.9. The van der Waals surface area contributed by atoms with Crippen molar-refractivity contribution < 1.29 is 4.74 Å². The van der Waals surface area contributed by atoms with Crippen molar-refractivity contribution in [2.24, 2.45) is 5.73 Å². The predicted octanol–water partition coefficient (Wildman–Crippen LogP) is 3.58. The third kappa shape index (κ3) is 2.24. The number of ether oxygens (including phenoxy) is 1. The Morgan fingerprint density at radius 3 is 2.86 bits per heavy atom. The van der Waals surface area contributed by atoms with Gasteiger partial charge >= 0.3 is 0 Å². The standard InChI is InChI=1S/C14H13BrN4OS/c1-6(2)12-11-10(8-3-4-9(15)21-8)7(5-16)13(17)20-14(11)19-18-12/h3-4,6,10H,17H2,1-2H3,(H,18,19). The molecule has 1 atom stereocenters. The molecular formula is C14H13BrN4OS. The highest BCUT2D eigenvalue weighted by molar-refractivity contribution is 9.11. The van der Waals surface area contributed by atoms with E-state index in [2.05, 4.69) is 46.0 Å². The molecule has 0 amide bonds. The normalized spacial score (nSPS) is 17.6. The molecule has 0 aromatic carbocycles. The van der Waals surface area contributed by atoms with Gasteiger partial charge in [0, 0.05) is 10.6 Å². The van der Waals surface area contributed by atoms with Crippen LogP contribution in [-0.4, -0.2) is 10.2 Å². The number of hydrogen-bond donors (Lipinski definition) is 2. The maximum Gasteiger partial charge on any atom is 0.244 e. The Kier molecular flexibility index (Phi) is 3.51. The molecule has 5 nitrogen and oxygen atoms in total. The summed E-state index contributed by atoms with van der Waals surface area (Å²) in [7, 11) is 0. The Balaban J connectivity index is 2.24. The molecule has 3 N–H and O–H groups in total. The first-order valence-corrected chi connectivity index (χ1v) is 8.04. The van der Waals surface area contributed by atoms with Gasteiger partial charge in [0.2, 0.25) is 11.8 Å². The number of nitriles is 1. The van der Waals surface area contributed by atoms with Crippen LogP contribution < -0.4 is 10.5 Å². The number of nitrogens with two attached hydrogens (primary N) is 1. The van der Waals surface area contributed by atoms with Crippen molar-refractivity contribution in [1.29, 1.82) is 5.26 Å². The highest BCUT2D eigenvalue weighted by atomic mass is 79.9. The average molecular weight is 365 g/mol. The maximum absolute atomic E-state index is 9.49. The summed E-state index contributed by atoms with van der Waals surface area (Å²) >= 11 is 5.05. The van der Waals surface area contributed by atoms with E-state index in [1.807, 2.05) is 12.1 Å². The van der Waals surface area contributed by atoms with Crippen molar-refractivity contribution in [1.82, 2.24) is 10.2 Å². The van der Waals surface area contributed by atoms with Crippen molar-refractivity contribution in [3.63, 3.8) is 0 Å². The fraction of sp³-hybridized carbons (Fsp3) is 0.286. The second-order valence-corrected chi connectivity index (χ2v) is 7.57. The van der Waals surface area contributed by atoms with Crippen LogP contribution in [0.5, 0.6) is 5.88 Å². The fourth-order valence-corrected chi connectivity index (χ4v) is 4.02. The Morgan fingerprint density at radius 2 is 2.29 bits per heavy atom. The molecule has 0 fully saturated rings. The molecule has 1 unspecified atom stereocenters. The number of hydrogen-bond acceptors (Lipinski definition) is 5. The lowest BCUT2D eigenvalue weighted by atomic mass is 9.86. The van der Waals surface area contributed by atoms with Crippen molar-refractivity contribution in [3.05, 3.63) is 43.5 Å². The fourth-order valence-electron chi connectivity index (χ4n) is 2.48. The van der Waals surface area contributed by atoms with E-state index in [4.69, 9.17) is 10.5 Å². The van der Waals surface area contributed by atoms with E-state index in [0.29, 0.717) is 11.5 Å². The van der Waals surface area contributed by atoms with Gasteiger partial charge < -0.3 is 10.5 Å². The molecule has 21 heavy (non-hydrogen) atoms. The van der Waals surface area contributed by atoms with E-state index in [-0.39, 0.29) is 17.7 Å². The highest BCUT2D eigenvalue weighted by Crippen LogP contribution is 2.46. The Hall–Kier alpha value is -1.78. The smallest absolute Gasteiger partial charge is 0.244 e. The number of rotatable bonds is 2. The number of aromatic amines is 1. The second-order valence-electron chi connectivity index (χ2n) is 5.08. The van der Waals surface area contributed by atoms with Crippen LogP contribution in [0.15, 0.2) is 27.4 Å². The van der Waals surface area contributed by atoms with Crippen LogP contribution in [0.2, 0.25) is 0 Å². The number of H-pyrrole nitrogens is 1. The minimum Gasteiger partial charge on any atom is -0.420 e. The van der Waals surface area contributed by atoms with E-state index >= 15 is 0 Å². The van der Waals surface area contributed by atoms with Gasteiger partial charge in [-0.1, -0.05) is 13.8 Å². The molecule has 108 valence electrons. The van der Waals surface area contributed by atoms with Crippen LogP contribution in [0.1, 0.15) is 41.8 Å². The quantitative estimate of drug-likeness (QED) is 0.852. The number of nitrogens with one attached hydrogen (secondary N) is 1. The van der Waals surface area contributed by atoms with Gasteiger partial charge in [-0.3, -0.25) is 5.10 Å². The lowest BCUT2D eigenvalue weighted by Crippen LogP contribution is -2.21. The van der Waals surface area contributed by atoms with Gasteiger partial charge in [-0.25, -0.2) is 0 Å². The molecule has 3 heterocycles. The van der Waals surface area contributed by atoms with Crippen LogP contribution >= 0.6 is 27.3 Å². The molecule has 3 rings (SSSR count). The molecule has 2 aromatic heterocycles. The average Bonchev–Trinajstić information content (AvgIpc) is 3.03. The summed E-state index contributed by atoms with van der Waals surface area (Å²) in [6.07, 6.45) is 0. The van der Waals surface area contributed by atoms with Gasteiger partial charge in [0.15, 0.2) is 0 Å². The third-order valence-corrected chi connectivity index (χ3v) is 5.11. The van der Waals surface area contributed by atoms with Crippen molar-refractivity contribution in [2.75, 3.05) is 0 Å². The number of thiophene rings is 1. The van der Waals surface area contributed by atoms with Gasteiger partial charge in [-0.2, -0.15) is 5.26 Å². The van der Waals surface area contributed by atoms with E-state index in [1.165, 1.54) is 0 Å². The summed E-state index contributed by atoms with van der Waals surface area (Å²) in [5.41, 5.74) is 8.21. The Bertz CT molecular complexity index is 768. The summed E-state index contributed by atoms with van der Waals surface area (Å²) in [6.45, 7) is 4.14. The largest absolute Gasteiger partial charge is 0.420 e. The maximum atomic E-state index is 9.49. The molecule has 0 aliphatic carbocycles. The van der Waals surface area contributed by atoms with E-state index in [9.17, 15) is 5.26 Å². The van der Waals surface area contributed by atoms with Gasteiger partial charge in [0.25, 0.3) is 0 Å². The van der Waals surface area contributed by atoms with Crippen LogP contribution in [-0.2, 0) is 0 Å². The lowest BCUT2D eigenvalue weighted by Gasteiger charge is -2.23. The third-order valence-electron chi connectivity index (χ3n) is 3.42. The number of nitrogens with zero attached hydrogens (tertiary/aromatic N) is 2. The van der Waals surface area contributed by atoms with Gasteiger partial charge in [0.1, 0.15) is 11.6 Å². The zero-order valence-electron chi connectivity index (χ0n) is 11.5. The molecule has 0 radical (unpaired) electrons. The van der Waals surface area contributed by atoms with E-state index in [0.717, 1.165) is 19.9 Å². The Labute approximate surface area is 134 Å². The van der Waals surface area contributed by atoms with Crippen LogP contribution in [0.4, 0.5) is 0 Å². The summed E-state index contributed by atoms with van der Waals surface area (Å²) < 4.78 is 6.52. The monoisotopic (exact) mass is 364 g/mol. The molecule has 2 aromatic rings. The van der Waals surface area contributed by atoms with Crippen molar-refractivity contribution in [3.8, 4) is 11.9 Å². The Morgan fingerprint density at radius 1 is 1.52 bits per heavy atom. The zero-order chi connectivity index (χ0) is 15.1. The van der Waals surface area contributed by atoms with Crippen LogP contribution in [0.25, 0.3) is 0 Å². The van der Waals surface area contributed by atoms with Crippen LogP contribution in [0.3, 0.4) is 0 Å². The highest BCUT2D eigenvalue weighted by Gasteiger charge is 2.36. The molecule has 1 aliphatic heterocycles. The molecule has 0 saturated carbocycles. The van der Waals surface area contributed by atoms with Gasteiger partial charge in [-0.15, -0.1) is 16.4 Å². The minimum atomic E-state index is -0.230. The molecule has 7 heteroatoms. The SMILES string of the molecule is CC(C)c1[nH]nc2c1C(c1ccc(Br)s1)C(C#N)=C(N)O2. The molecule has 0 spiro atoms. The lowest BCUT2D eigenvalue weighted by molar-refractivity contribution is 0.379. The predicted molar refractivity (Wildman–Crippen MR) is 84.0 cm³/mol. The van der Waals surface area contributed by atoms with E-state index in [1.54, 1.807) is 11.3 Å². The van der Waals surface area contributed by atoms with Gasteiger partial charge in [0.05, 0.1) is 15.3 Å². The molecule has 1 aliphatic rings. The second kappa shape index (κ2) is 5.20. The van der Waals surface area contributed by atoms with Crippen molar-refractivity contribution in [2.45, 2.75) is 25.7 Å². The van der Waals surface area contributed by atoms with Gasteiger partial charge in [-0.05, 0) is 34.0 Å². The molecular weight excluding hydrogens is 352 g/mol. The summed E-state index contributed by atoms with van der Waals surface area (Å²) in [5, 5.41) is 16.7. The molecule has 0 saturated heterocycles. The number of halogens is 1. The first kappa shape index (κ1) is 14.2. The van der Waals surface area contributed by atoms with Crippen LogP contribution in [0, 0.1) is 11.3 Å². The number of fused-ring (bicyclic) bond motifs is 1. The summed E-state index contributed by atoms with van der Waals surface area (Å²) in [6, 6.07) is 6.15. The number of aromatic nitrogens is 2. The number of allylic oxidation sites excluding steroid dienone is 1. The molecule has 0 bridgehead atoms. The summed E-state index contributed by atoms with van der Waals surface area (Å²) in [5.74, 6) is 0.604. The summed E-state index contributed by atoms with van der Waals surface area (Å²) in [4.78, 5) is 1.04. The topological polar surface area (TPSA) is 87.7 Å². The van der Waals surface area contributed by atoms with Crippen molar-refractivity contribution >= 4 is 27.3 Å². The van der Waals surface area contributed by atoms with E-state index < -0.39 is 0 Å². The minimum absolute atomic E-state index is 0.126. The first-order chi connectivity index (χ1) is 10.0. The first-order valence-electron chi connectivity index (χ1n) is 6.44.